The summed E-state index contributed by atoms with van der Waals surface area (Å²) >= 11 is 1.84. The molecule has 1 aromatic rings. The molecule has 0 spiro atoms. The van der Waals surface area contributed by atoms with Gasteiger partial charge in [0.05, 0.1) is 10.7 Å². The van der Waals surface area contributed by atoms with Crippen molar-refractivity contribution in [2.75, 3.05) is 7.05 Å². The fourth-order valence-electron chi connectivity index (χ4n) is 1.91. The molecule has 1 N–H and O–H groups in total. The minimum Gasteiger partial charge on any atom is -0.312 e. The molecule has 2 nitrogen and oxygen atoms in total. The molecule has 1 atom stereocenters. The summed E-state index contributed by atoms with van der Waals surface area (Å²) in [7, 11) is 2.06. The average molecular weight is 210 g/mol. The Bertz CT molecular complexity index is 315. The molecule has 0 saturated heterocycles. The van der Waals surface area contributed by atoms with Crippen LogP contribution in [0.4, 0.5) is 0 Å². The molecule has 1 saturated carbocycles. The zero-order chi connectivity index (χ0) is 10.1. The maximum Gasteiger partial charge on any atom is 0.0900 e. The van der Waals surface area contributed by atoms with Crippen LogP contribution in [0.1, 0.15) is 40.9 Å². The van der Waals surface area contributed by atoms with Gasteiger partial charge in [-0.1, -0.05) is 12.8 Å². The maximum absolute atomic E-state index is 4.49. The molecule has 0 radical (unpaired) electrons. The normalized spacial score (nSPS) is 18.5. The Morgan fingerprint density at radius 2 is 2.21 bits per heavy atom. The van der Waals surface area contributed by atoms with E-state index in [1.807, 2.05) is 11.3 Å². The Balaban J connectivity index is 2.12. The number of rotatable bonds is 4. The van der Waals surface area contributed by atoms with E-state index in [2.05, 4.69) is 31.2 Å². The van der Waals surface area contributed by atoms with Crippen molar-refractivity contribution in [3.05, 3.63) is 15.6 Å². The van der Waals surface area contributed by atoms with Gasteiger partial charge in [-0.3, -0.25) is 0 Å². The van der Waals surface area contributed by atoms with Crippen molar-refractivity contribution < 1.29 is 0 Å². The Hall–Kier alpha value is -0.410. The summed E-state index contributed by atoms with van der Waals surface area (Å²) in [4.78, 5) is 5.93. The van der Waals surface area contributed by atoms with Crippen molar-refractivity contribution in [1.82, 2.24) is 10.3 Å². The van der Waals surface area contributed by atoms with Gasteiger partial charge in [0, 0.05) is 10.9 Å². The summed E-state index contributed by atoms with van der Waals surface area (Å²) < 4.78 is 0. The third kappa shape index (κ3) is 2.15. The van der Waals surface area contributed by atoms with Gasteiger partial charge in [-0.25, -0.2) is 4.98 Å². The Kier molecular flexibility index (Phi) is 2.88. The largest absolute Gasteiger partial charge is 0.312 e. The molecule has 1 unspecified atom stereocenters. The van der Waals surface area contributed by atoms with Gasteiger partial charge in [0.2, 0.25) is 0 Å². The second-order valence-electron chi connectivity index (χ2n) is 4.20. The van der Waals surface area contributed by atoms with Gasteiger partial charge in [-0.15, -0.1) is 11.3 Å². The van der Waals surface area contributed by atoms with Gasteiger partial charge in [0.1, 0.15) is 0 Å². The summed E-state index contributed by atoms with van der Waals surface area (Å²) in [6.07, 6.45) is 4.14. The molecular formula is C11H18N2S. The SMILES string of the molecule is CNC(CC1CC1)c1sc(C)nc1C. The van der Waals surface area contributed by atoms with Crippen molar-refractivity contribution >= 4 is 11.3 Å². The van der Waals surface area contributed by atoms with Gasteiger partial charge in [-0.2, -0.15) is 0 Å². The molecule has 1 aromatic heterocycles. The Morgan fingerprint density at radius 1 is 1.50 bits per heavy atom. The summed E-state index contributed by atoms with van der Waals surface area (Å²) in [6.45, 7) is 4.21. The van der Waals surface area contributed by atoms with Crippen LogP contribution < -0.4 is 5.32 Å². The van der Waals surface area contributed by atoms with E-state index >= 15 is 0 Å². The second kappa shape index (κ2) is 3.99. The van der Waals surface area contributed by atoms with Crippen molar-refractivity contribution in [2.24, 2.45) is 5.92 Å². The fraction of sp³-hybridized carbons (Fsp3) is 0.727. The molecule has 3 heteroatoms. The number of aromatic nitrogens is 1. The number of hydrogen-bond acceptors (Lipinski definition) is 3. The van der Waals surface area contributed by atoms with E-state index in [1.165, 1.54) is 34.8 Å². The Labute approximate surface area is 89.8 Å². The summed E-state index contributed by atoms with van der Waals surface area (Å²) in [5.41, 5.74) is 1.22. The monoisotopic (exact) mass is 210 g/mol. The van der Waals surface area contributed by atoms with Gasteiger partial charge in [-0.05, 0) is 33.2 Å². The highest BCUT2D eigenvalue weighted by Crippen LogP contribution is 2.39. The first-order valence-electron chi connectivity index (χ1n) is 5.32. The number of nitrogens with one attached hydrogen (secondary N) is 1. The molecule has 78 valence electrons. The van der Waals surface area contributed by atoms with Crippen LogP contribution in [0.15, 0.2) is 0 Å². The lowest BCUT2D eigenvalue weighted by molar-refractivity contribution is 0.519. The minimum atomic E-state index is 0.536. The van der Waals surface area contributed by atoms with E-state index < -0.39 is 0 Å². The second-order valence-corrected chi connectivity index (χ2v) is 5.44. The van der Waals surface area contributed by atoms with Crippen LogP contribution in [-0.4, -0.2) is 12.0 Å². The van der Waals surface area contributed by atoms with E-state index in [0.29, 0.717) is 6.04 Å². The van der Waals surface area contributed by atoms with Crippen LogP contribution >= 0.6 is 11.3 Å². The minimum absolute atomic E-state index is 0.536. The number of aryl methyl sites for hydroxylation is 2. The van der Waals surface area contributed by atoms with Crippen molar-refractivity contribution in [1.29, 1.82) is 0 Å². The van der Waals surface area contributed by atoms with E-state index in [-0.39, 0.29) is 0 Å². The molecule has 1 aliphatic rings. The summed E-state index contributed by atoms with van der Waals surface area (Å²) in [6, 6.07) is 0.536. The van der Waals surface area contributed by atoms with Gasteiger partial charge >= 0.3 is 0 Å². The van der Waals surface area contributed by atoms with Gasteiger partial charge in [0.15, 0.2) is 0 Å². The highest BCUT2D eigenvalue weighted by Gasteiger charge is 2.27. The van der Waals surface area contributed by atoms with E-state index in [4.69, 9.17) is 0 Å². The van der Waals surface area contributed by atoms with Crippen LogP contribution in [0.3, 0.4) is 0 Å². The molecule has 1 heterocycles. The molecule has 0 bridgehead atoms. The lowest BCUT2D eigenvalue weighted by Gasteiger charge is -2.14. The third-order valence-electron chi connectivity index (χ3n) is 2.87. The van der Waals surface area contributed by atoms with Gasteiger partial charge < -0.3 is 5.32 Å². The number of hydrogen-bond donors (Lipinski definition) is 1. The lowest BCUT2D eigenvalue weighted by atomic mass is 10.1. The first kappa shape index (κ1) is 10.1. The first-order valence-corrected chi connectivity index (χ1v) is 6.13. The predicted octanol–water partition coefficient (Wildman–Crippen LogP) is 2.82. The first-order chi connectivity index (χ1) is 6.70. The summed E-state index contributed by atoms with van der Waals surface area (Å²) in [5.74, 6) is 0.967. The predicted molar refractivity (Wildman–Crippen MR) is 60.7 cm³/mol. The fourth-order valence-corrected chi connectivity index (χ4v) is 2.96. The molecule has 0 amide bonds. The molecule has 1 aliphatic carbocycles. The van der Waals surface area contributed by atoms with Crippen molar-refractivity contribution in [2.45, 2.75) is 39.2 Å². The van der Waals surface area contributed by atoms with Crippen LogP contribution in [-0.2, 0) is 0 Å². The highest BCUT2D eigenvalue weighted by molar-refractivity contribution is 7.11. The van der Waals surface area contributed by atoms with Gasteiger partial charge in [0.25, 0.3) is 0 Å². The smallest absolute Gasteiger partial charge is 0.0900 e. The quantitative estimate of drug-likeness (QED) is 0.826. The van der Waals surface area contributed by atoms with E-state index in [9.17, 15) is 0 Å². The molecule has 14 heavy (non-hydrogen) atoms. The number of nitrogens with zero attached hydrogens (tertiary/aromatic N) is 1. The van der Waals surface area contributed by atoms with Crippen molar-refractivity contribution in [3.63, 3.8) is 0 Å². The Morgan fingerprint density at radius 3 is 2.64 bits per heavy atom. The average Bonchev–Trinajstić information content (AvgIpc) is 2.89. The standard InChI is InChI=1S/C11H18N2S/c1-7-11(14-8(2)13-7)10(12-3)6-9-4-5-9/h9-10,12H,4-6H2,1-3H3. The van der Waals surface area contributed by atoms with Crippen LogP contribution in [0, 0.1) is 19.8 Å². The van der Waals surface area contributed by atoms with Crippen LogP contribution in [0.5, 0.6) is 0 Å². The van der Waals surface area contributed by atoms with Crippen molar-refractivity contribution in [3.8, 4) is 0 Å². The number of thiazole rings is 1. The highest BCUT2D eigenvalue weighted by atomic mass is 32.1. The zero-order valence-corrected chi connectivity index (χ0v) is 9.95. The molecule has 0 aliphatic heterocycles. The molecule has 2 rings (SSSR count). The topological polar surface area (TPSA) is 24.9 Å². The molecular weight excluding hydrogens is 192 g/mol. The van der Waals surface area contributed by atoms with Crippen LogP contribution in [0.2, 0.25) is 0 Å². The van der Waals surface area contributed by atoms with E-state index in [1.54, 1.807) is 0 Å². The zero-order valence-electron chi connectivity index (χ0n) is 9.13. The third-order valence-corrected chi connectivity index (χ3v) is 4.06. The molecule has 0 aromatic carbocycles. The maximum atomic E-state index is 4.49. The van der Waals surface area contributed by atoms with Crippen LogP contribution in [0.25, 0.3) is 0 Å². The summed E-state index contributed by atoms with van der Waals surface area (Å²) in [5, 5.41) is 4.60. The molecule has 1 fully saturated rings. The van der Waals surface area contributed by atoms with E-state index in [0.717, 1.165) is 5.92 Å². The lowest BCUT2D eigenvalue weighted by Crippen LogP contribution is -2.16.